The Hall–Kier alpha value is -0.790. The molecule has 92 valence electrons. The second-order valence-electron chi connectivity index (χ2n) is 6.16. The summed E-state index contributed by atoms with van der Waals surface area (Å²) in [6.07, 6.45) is 2.74. The Bertz CT molecular complexity index is 304. The molecular formula is C14H25NO. The Morgan fingerprint density at radius 1 is 1.31 bits per heavy atom. The van der Waals surface area contributed by atoms with Gasteiger partial charge < -0.3 is 4.90 Å². The molecule has 2 heteroatoms. The van der Waals surface area contributed by atoms with Crippen LogP contribution in [0.1, 0.15) is 48.0 Å². The molecule has 0 bridgehead atoms. The highest BCUT2D eigenvalue weighted by atomic mass is 16.2. The monoisotopic (exact) mass is 223 g/mol. The summed E-state index contributed by atoms with van der Waals surface area (Å²) in [7, 11) is 0. The van der Waals surface area contributed by atoms with Gasteiger partial charge in [0.15, 0.2) is 0 Å². The first-order chi connectivity index (χ1) is 7.19. The van der Waals surface area contributed by atoms with Gasteiger partial charge in [0.2, 0.25) is 5.91 Å². The maximum atomic E-state index is 12.6. The van der Waals surface area contributed by atoms with Crippen molar-refractivity contribution in [1.29, 1.82) is 0 Å². The molecule has 1 saturated heterocycles. The molecule has 1 fully saturated rings. The molecule has 0 spiro atoms. The molecule has 0 aromatic rings. The van der Waals surface area contributed by atoms with Gasteiger partial charge in [0.05, 0.1) is 5.41 Å². The van der Waals surface area contributed by atoms with E-state index in [-0.39, 0.29) is 22.9 Å². The van der Waals surface area contributed by atoms with Crippen LogP contribution in [0.5, 0.6) is 0 Å². The van der Waals surface area contributed by atoms with Crippen LogP contribution in [0.15, 0.2) is 12.7 Å². The van der Waals surface area contributed by atoms with Gasteiger partial charge in [-0.2, -0.15) is 0 Å². The van der Waals surface area contributed by atoms with Gasteiger partial charge in [-0.25, -0.2) is 0 Å². The Labute approximate surface area is 99.7 Å². The Morgan fingerprint density at radius 3 is 2.00 bits per heavy atom. The molecule has 0 N–H and O–H groups in total. The van der Waals surface area contributed by atoms with Crippen molar-refractivity contribution >= 4 is 5.91 Å². The second-order valence-corrected chi connectivity index (χ2v) is 6.16. The normalized spacial score (nSPS) is 29.2. The zero-order valence-corrected chi connectivity index (χ0v) is 11.5. The van der Waals surface area contributed by atoms with Gasteiger partial charge >= 0.3 is 0 Å². The van der Waals surface area contributed by atoms with Crippen molar-refractivity contribution in [3.8, 4) is 0 Å². The lowest BCUT2D eigenvalue weighted by Crippen LogP contribution is -2.46. The summed E-state index contributed by atoms with van der Waals surface area (Å²) in [5.41, 5.74) is -0.433. The fourth-order valence-corrected chi connectivity index (χ4v) is 3.16. The lowest BCUT2D eigenvalue weighted by atomic mass is 9.73. The maximum absolute atomic E-state index is 12.6. The summed E-state index contributed by atoms with van der Waals surface area (Å²) in [6.45, 7) is 16.6. The molecule has 1 heterocycles. The SMILES string of the molecule is C=CC1(C(C)C)CC(C)(C)N(C(C)C)C1=O. The number of carbonyl (C=O) groups excluding carboxylic acids is 1. The molecule has 1 atom stereocenters. The van der Waals surface area contributed by atoms with Crippen LogP contribution in [-0.2, 0) is 4.79 Å². The highest BCUT2D eigenvalue weighted by Crippen LogP contribution is 2.48. The number of nitrogens with zero attached hydrogens (tertiary/aromatic N) is 1. The van der Waals surface area contributed by atoms with E-state index in [2.05, 4.69) is 48.1 Å². The van der Waals surface area contributed by atoms with E-state index in [1.165, 1.54) is 0 Å². The maximum Gasteiger partial charge on any atom is 0.233 e. The molecule has 0 saturated carbocycles. The minimum atomic E-state index is -0.367. The topological polar surface area (TPSA) is 20.3 Å². The van der Waals surface area contributed by atoms with E-state index in [0.717, 1.165) is 6.42 Å². The highest BCUT2D eigenvalue weighted by molar-refractivity contribution is 5.88. The van der Waals surface area contributed by atoms with E-state index in [4.69, 9.17) is 0 Å². The lowest BCUT2D eigenvalue weighted by molar-refractivity contribution is -0.139. The molecule has 2 nitrogen and oxygen atoms in total. The molecular weight excluding hydrogens is 198 g/mol. The predicted octanol–water partition coefficient (Wildman–Crippen LogP) is 3.23. The average Bonchev–Trinajstić information content (AvgIpc) is 2.33. The molecule has 1 unspecified atom stereocenters. The van der Waals surface area contributed by atoms with Crippen molar-refractivity contribution in [3.05, 3.63) is 12.7 Å². The van der Waals surface area contributed by atoms with Crippen LogP contribution in [0.2, 0.25) is 0 Å². The molecule has 1 aliphatic rings. The van der Waals surface area contributed by atoms with Crippen LogP contribution >= 0.6 is 0 Å². The third-order valence-corrected chi connectivity index (χ3v) is 3.91. The minimum absolute atomic E-state index is 0.0658. The van der Waals surface area contributed by atoms with Gasteiger partial charge in [-0.15, -0.1) is 6.58 Å². The van der Waals surface area contributed by atoms with E-state index >= 15 is 0 Å². The van der Waals surface area contributed by atoms with Gasteiger partial charge in [0, 0.05) is 11.6 Å². The van der Waals surface area contributed by atoms with Gasteiger partial charge in [-0.05, 0) is 40.0 Å². The van der Waals surface area contributed by atoms with E-state index in [0.29, 0.717) is 5.92 Å². The Balaban J connectivity index is 3.22. The van der Waals surface area contributed by atoms with Crippen LogP contribution in [0.4, 0.5) is 0 Å². The van der Waals surface area contributed by atoms with Crippen LogP contribution in [0.3, 0.4) is 0 Å². The number of likely N-dealkylation sites (tertiary alicyclic amines) is 1. The minimum Gasteiger partial charge on any atom is -0.334 e. The van der Waals surface area contributed by atoms with Gasteiger partial charge in [-0.3, -0.25) is 4.79 Å². The van der Waals surface area contributed by atoms with Gasteiger partial charge in [0.25, 0.3) is 0 Å². The Kier molecular flexibility index (Phi) is 3.24. The molecule has 0 aromatic heterocycles. The first-order valence-electron chi connectivity index (χ1n) is 6.16. The summed E-state index contributed by atoms with van der Waals surface area (Å²) >= 11 is 0. The van der Waals surface area contributed by atoms with Crippen molar-refractivity contribution in [2.75, 3.05) is 0 Å². The molecule has 0 aromatic carbocycles. The summed E-state index contributed by atoms with van der Waals surface area (Å²) in [5, 5.41) is 0. The number of carbonyl (C=O) groups is 1. The van der Waals surface area contributed by atoms with E-state index in [1.54, 1.807) is 0 Å². The van der Waals surface area contributed by atoms with Crippen molar-refractivity contribution in [1.82, 2.24) is 4.90 Å². The molecule has 0 aliphatic carbocycles. The van der Waals surface area contributed by atoms with Gasteiger partial charge in [-0.1, -0.05) is 19.9 Å². The van der Waals surface area contributed by atoms with E-state index in [9.17, 15) is 4.79 Å². The summed E-state index contributed by atoms with van der Waals surface area (Å²) < 4.78 is 0. The van der Waals surface area contributed by atoms with Crippen molar-refractivity contribution in [3.63, 3.8) is 0 Å². The lowest BCUT2D eigenvalue weighted by Gasteiger charge is -2.35. The fraction of sp³-hybridized carbons (Fsp3) is 0.786. The van der Waals surface area contributed by atoms with Crippen molar-refractivity contribution in [2.24, 2.45) is 11.3 Å². The quantitative estimate of drug-likeness (QED) is 0.673. The Morgan fingerprint density at radius 2 is 1.81 bits per heavy atom. The third-order valence-electron chi connectivity index (χ3n) is 3.91. The summed E-state index contributed by atoms with van der Waals surface area (Å²) in [6, 6.07) is 0.253. The smallest absolute Gasteiger partial charge is 0.233 e. The standard InChI is InChI=1S/C14H25NO/c1-8-14(10(2)3)9-13(6,7)15(11(4)5)12(14)16/h8,10-11H,1,9H2,2-7H3. The van der Waals surface area contributed by atoms with Crippen LogP contribution < -0.4 is 0 Å². The molecule has 16 heavy (non-hydrogen) atoms. The third kappa shape index (κ3) is 1.68. The molecule has 1 aliphatic heterocycles. The van der Waals surface area contributed by atoms with Crippen LogP contribution in [0.25, 0.3) is 0 Å². The zero-order chi connectivity index (χ0) is 12.7. The highest BCUT2D eigenvalue weighted by Gasteiger charge is 2.55. The van der Waals surface area contributed by atoms with Crippen LogP contribution in [0, 0.1) is 11.3 Å². The van der Waals surface area contributed by atoms with Crippen molar-refractivity contribution in [2.45, 2.75) is 59.5 Å². The first-order valence-corrected chi connectivity index (χ1v) is 6.16. The number of hydrogen-bond acceptors (Lipinski definition) is 1. The second kappa shape index (κ2) is 3.90. The predicted molar refractivity (Wildman–Crippen MR) is 68.1 cm³/mol. The largest absolute Gasteiger partial charge is 0.334 e. The number of rotatable bonds is 3. The van der Waals surface area contributed by atoms with Crippen LogP contribution in [-0.4, -0.2) is 22.4 Å². The van der Waals surface area contributed by atoms with E-state index < -0.39 is 0 Å². The van der Waals surface area contributed by atoms with E-state index in [1.807, 2.05) is 11.0 Å². The summed E-state index contributed by atoms with van der Waals surface area (Å²) in [5.74, 6) is 0.554. The van der Waals surface area contributed by atoms with Gasteiger partial charge in [0.1, 0.15) is 0 Å². The molecule has 1 amide bonds. The fourth-order valence-electron chi connectivity index (χ4n) is 3.16. The van der Waals surface area contributed by atoms with Crippen molar-refractivity contribution < 1.29 is 4.79 Å². The number of hydrogen-bond donors (Lipinski definition) is 0. The zero-order valence-electron chi connectivity index (χ0n) is 11.5. The molecule has 1 rings (SSSR count). The average molecular weight is 223 g/mol. The summed E-state index contributed by atoms with van der Waals surface area (Å²) in [4.78, 5) is 14.6. The first kappa shape index (κ1) is 13.3. The number of amides is 1. The molecule has 0 radical (unpaired) electrons.